The van der Waals surface area contributed by atoms with Gasteiger partial charge < -0.3 is 4.74 Å². The molecule has 0 spiro atoms. The molecule has 1 N–H and O–H groups in total. The first-order valence-corrected chi connectivity index (χ1v) is 7.44. The number of hydrogen-bond donors (Lipinski definition) is 1. The van der Waals surface area contributed by atoms with Crippen LogP contribution in [-0.2, 0) is 26.0 Å². The fraction of sp³-hybridized carbons (Fsp3) is 0.154. The van der Waals surface area contributed by atoms with Crippen molar-refractivity contribution in [1.82, 2.24) is 9.97 Å². The maximum Gasteiger partial charge on any atom is 0.309 e. The van der Waals surface area contributed by atoms with E-state index in [1.165, 1.54) is 37.8 Å². The molecule has 0 aliphatic rings. The van der Waals surface area contributed by atoms with E-state index in [0.717, 1.165) is 0 Å². The molecule has 0 fully saturated rings. The van der Waals surface area contributed by atoms with E-state index in [9.17, 15) is 13.2 Å². The highest BCUT2D eigenvalue weighted by atomic mass is 32.2. The fourth-order valence-electron chi connectivity index (χ4n) is 1.57. The number of aromatic nitrogens is 2. The van der Waals surface area contributed by atoms with Gasteiger partial charge in [-0.05, 0) is 17.7 Å². The molecule has 0 saturated heterocycles. The predicted molar refractivity (Wildman–Crippen MR) is 75.0 cm³/mol. The molecule has 0 aliphatic carbocycles. The Bertz CT molecular complexity index is 715. The lowest BCUT2D eigenvalue weighted by Crippen LogP contribution is -2.14. The van der Waals surface area contributed by atoms with E-state index in [0.29, 0.717) is 5.56 Å². The molecule has 1 aromatic carbocycles. The van der Waals surface area contributed by atoms with Gasteiger partial charge in [-0.25, -0.2) is 13.4 Å². The molecular weight excluding hydrogens is 294 g/mol. The molecule has 0 saturated carbocycles. The highest BCUT2D eigenvalue weighted by Gasteiger charge is 2.15. The molecule has 110 valence electrons. The van der Waals surface area contributed by atoms with Gasteiger partial charge in [-0.3, -0.25) is 14.5 Å². The Labute approximate surface area is 122 Å². The minimum absolute atomic E-state index is 0.0711. The van der Waals surface area contributed by atoms with Crippen molar-refractivity contribution in [3.05, 3.63) is 48.4 Å². The summed E-state index contributed by atoms with van der Waals surface area (Å²) >= 11 is 0. The second kappa shape index (κ2) is 6.31. The van der Waals surface area contributed by atoms with E-state index in [4.69, 9.17) is 0 Å². The van der Waals surface area contributed by atoms with Crippen molar-refractivity contribution in [2.24, 2.45) is 0 Å². The van der Waals surface area contributed by atoms with Crippen LogP contribution in [0.2, 0.25) is 0 Å². The van der Waals surface area contributed by atoms with Crippen molar-refractivity contribution in [1.29, 1.82) is 0 Å². The van der Waals surface area contributed by atoms with Gasteiger partial charge in [0, 0.05) is 12.4 Å². The van der Waals surface area contributed by atoms with Gasteiger partial charge in [0.25, 0.3) is 10.0 Å². The van der Waals surface area contributed by atoms with Gasteiger partial charge in [0.2, 0.25) is 0 Å². The highest BCUT2D eigenvalue weighted by Crippen LogP contribution is 2.14. The molecule has 1 heterocycles. The summed E-state index contributed by atoms with van der Waals surface area (Å²) in [5, 5.41) is 0. The summed E-state index contributed by atoms with van der Waals surface area (Å²) < 4.78 is 31.1. The average Bonchev–Trinajstić information content (AvgIpc) is 2.48. The molecule has 0 bridgehead atoms. The van der Waals surface area contributed by atoms with Gasteiger partial charge in [-0.1, -0.05) is 12.1 Å². The van der Waals surface area contributed by atoms with Crippen LogP contribution in [0.25, 0.3) is 0 Å². The molecule has 0 unspecified atom stereocenters. The number of carbonyl (C=O) groups excluding carboxylic acids is 1. The van der Waals surface area contributed by atoms with Gasteiger partial charge in [0.05, 0.1) is 24.6 Å². The van der Waals surface area contributed by atoms with Crippen LogP contribution in [0, 0.1) is 0 Å². The van der Waals surface area contributed by atoms with Gasteiger partial charge in [-0.2, -0.15) is 0 Å². The van der Waals surface area contributed by atoms with Crippen molar-refractivity contribution in [3.8, 4) is 0 Å². The van der Waals surface area contributed by atoms with Crippen LogP contribution >= 0.6 is 0 Å². The Kier molecular flexibility index (Phi) is 4.49. The summed E-state index contributed by atoms with van der Waals surface area (Å²) in [6, 6.07) is 5.94. The van der Waals surface area contributed by atoms with E-state index >= 15 is 0 Å². The van der Waals surface area contributed by atoms with Gasteiger partial charge >= 0.3 is 5.97 Å². The van der Waals surface area contributed by atoms with E-state index < -0.39 is 10.0 Å². The minimum atomic E-state index is -3.73. The number of methoxy groups -OCH3 is 1. The van der Waals surface area contributed by atoms with Crippen molar-refractivity contribution in [2.75, 3.05) is 11.8 Å². The summed E-state index contributed by atoms with van der Waals surface area (Å²) in [6.45, 7) is 0. The first-order chi connectivity index (χ1) is 10.0. The number of ether oxygens (including phenoxy) is 1. The SMILES string of the molecule is COC(=O)Cc1ccc(S(=O)(=O)Nc2cnccn2)cc1. The molecule has 7 nitrogen and oxygen atoms in total. The second-order valence-electron chi connectivity index (χ2n) is 4.09. The number of sulfonamides is 1. The minimum Gasteiger partial charge on any atom is -0.469 e. The molecule has 0 radical (unpaired) electrons. The number of nitrogens with one attached hydrogen (secondary N) is 1. The molecule has 0 atom stereocenters. The maximum atomic E-state index is 12.1. The first kappa shape index (κ1) is 14.9. The molecule has 8 heteroatoms. The van der Waals surface area contributed by atoms with Crippen molar-refractivity contribution in [3.63, 3.8) is 0 Å². The van der Waals surface area contributed by atoms with Gasteiger partial charge in [-0.15, -0.1) is 0 Å². The number of esters is 1. The van der Waals surface area contributed by atoms with Crippen LogP contribution in [0.5, 0.6) is 0 Å². The lowest BCUT2D eigenvalue weighted by atomic mass is 10.2. The smallest absolute Gasteiger partial charge is 0.309 e. The molecule has 1 aromatic heterocycles. The zero-order valence-electron chi connectivity index (χ0n) is 11.2. The molecule has 21 heavy (non-hydrogen) atoms. The summed E-state index contributed by atoms with van der Waals surface area (Å²) in [5.74, 6) is -0.251. The Balaban J connectivity index is 2.15. The summed E-state index contributed by atoms with van der Waals surface area (Å²) in [5.41, 5.74) is 0.667. The fourth-order valence-corrected chi connectivity index (χ4v) is 2.57. The van der Waals surface area contributed by atoms with E-state index in [1.807, 2.05) is 0 Å². The topological polar surface area (TPSA) is 98.2 Å². The van der Waals surface area contributed by atoms with Gasteiger partial charge in [0.1, 0.15) is 0 Å². The molecule has 0 amide bonds. The standard InChI is InChI=1S/C13H13N3O4S/c1-20-13(17)8-10-2-4-11(5-3-10)21(18,19)16-12-9-14-6-7-15-12/h2-7,9H,8H2,1H3,(H,15,16). The zero-order valence-corrected chi connectivity index (χ0v) is 12.0. The number of anilines is 1. The third kappa shape index (κ3) is 3.99. The highest BCUT2D eigenvalue weighted by molar-refractivity contribution is 7.92. The number of rotatable bonds is 5. The predicted octanol–water partition coefficient (Wildman–Crippen LogP) is 0.993. The van der Waals surface area contributed by atoms with Crippen molar-refractivity contribution in [2.45, 2.75) is 11.3 Å². The molecule has 0 aliphatic heterocycles. The Morgan fingerprint density at radius 2 is 1.95 bits per heavy atom. The van der Waals surface area contributed by atoms with Crippen LogP contribution in [0.3, 0.4) is 0 Å². The number of benzene rings is 1. The Morgan fingerprint density at radius 1 is 1.24 bits per heavy atom. The number of nitrogens with zero attached hydrogens (tertiary/aromatic N) is 2. The average molecular weight is 307 g/mol. The molecular formula is C13H13N3O4S. The zero-order chi connectivity index (χ0) is 15.3. The van der Waals surface area contributed by atoms with Crippen LogP contribution in [-0.4, -0.2) is 31.5 Å². The third-order valence-corrected chi connectivity index (χ3v) is 3.98. The van der Waals surface area contributed by atoms with E-state index in [-0.39, 0.29) is 23.1 Å². The number of carbonyl (C=O) groups is 1. The van der Waals surface area contributed by atoms with Crippen LogP contribution in [0.15, 0.2) is 47.8 Å². The lowest BCUT2D eigenvalue weighted by Gasteiger charge is -2.07. The van der Waals surface area contributed by atoms with Crippen LogP contribution in [0.4, 0.5) is 5.82 Å². The molecule has 2 aromatic rings. The third-order valence-electron chi connectivity index (χ3n) is 2.61. The number of hydrogen-bond acceptors (Lipinski definition) is 6. The largest absolute Gasteiger partial charge is 0.469 e. The summed E-state index contributed by atoms with van der Waals surface area (Å²) in [7, 11) is -2.44. The molecule has 2 rings (SSSR count). The Morgan fingerprint density at radius 3 is 2.52 bits per heavy atom. The normalized spacial score (nSPS) is 10.9. The van der Waals surface area contributed by atoms with Crippen LogP contribution in [0.1, 0.15) is 5.56 Å². The van der Waals surface area contributed by atoms with Gasteiger partial charge in [0.15, 0.2) is 5.82 Å². The maximum absolute atomic E-state index is 12.1. The van der Waals surface area contributed by atoms with E-state index in [2.05, 4.69) is 19.4 Å². The monoisotopic (exact) mass is 307 g/mol. The van der Waals surface area contributed by atoms with Crippen molar-refractivity contribution >= 4 is 21.8 Å². The van der Waals surface area contributed by atoms with Crippen LogP contribution < -0.4 is 4.72 Å². The Hall–Kier alpha value is -2.48. The summed E-state index contributed by atoms with van der Waals surface area (Å²) in [6.07, 6.45) is 4.23. The van der Waals surface area contributed by atoms with E-state index in [1.54, 1.807) is 12.1 Å². The quantitative estimate of drug-likeness (QED) is 0.827. The first-order valence-electron chi connectivity index (χ1n) is 5.96. The lowest BCUT2D eigenvalue weighted by molar-refractivity contribution is -0.139. The summed E-state index contributed by atoms with van der Waals surface area (Å²) in [4.78, 5) is 18.8. The van der Waals surface area contributed by atoms with Crippen molar-refractivity contribution < 1.29 is 17.9 Å². The second-order valence-corrected chi connectivity index (χ2v) is 5.78.